The van der Waals surface area contributed by atoms with Gasteiger partial charge in [-0.3, -0.25) is 9.59 Å². The number of hydrogen-bond donors (Lipinski definition) is 1. The number of rotatable bonds is 6. The standard InChI is InChI=1S/C20H22N2O3.ClH/c23-19(25-15-17-9-5-2-6-10-17)13-18-20(24)22(12-11-21-18)14-16-7-3-1-4-8-16;/h1-10,18,21H,11-15H2;1H. The summed E-state index contributed by atoms with van der Waals surface area (Å²) in [6, 6.07) is 18.9. The molecule has 0 radical (unpaired) electrons. The fourth-order valence-electron chi connectivity index (χ4n) is 2.88. The molecular weight excluding hydrogens is 352 g/mol. The molecule has 0 aliphatic carbocycles. The molecule has 1 saturated heterocycles. The van der Waals surface area contributed by atoms with Gasteiger partial charge in [0.2, 0.25) is 5.91 Å². The van der Waals surface area contributed by atoms with Crippen molar-refractivity contribution in [3.05, 3.63) is 71.8 Å². The number of carbonyl (C=O) groups is 2. The maximum atomic E-state index is 12.6. The average Bonchev–Trinajstić information content (AvgIpc) is 2.65. The van der Waals surface area contributed by atoms with Crippen molar-refractivity contribution in [1.82, 2.24) is 10.2 Å². The Balaban J connectivity index is 0.00000243. The summed E-state index contributed by atoms with van der Waals surface area (Å²) in [4.78, 5) is 26.5. The van der Waals surface area contributed by atoms with E-state index < -0.39 is 6.04 Å². The minimum absolute atomic E-state index is 0. The summed E-state index contributed by atoms with van der Waals surface area (Å²) in [7, 11) is 0. The molecule has 5 nitrogen and oxygen atoms in total. The Morgan fingerprint density at radius 2 is 1.65 bits per heavy atom. The lowest BCUT2D eigenvalue weighted by atomic mass is 10.1. The lowest BCUT2D eigenvalue weighted by Crippen LogP contribution is -2.55. The van der Waals surface area contributed by atoms with Crippen LogP contribution in [0.5, 0.6) is 0 Å². The average molecular weight is 375 g/mol. The van der Waals surface area contributed by atoms with Gasteiger partial charge in [-0.15, -0.1) is 12.4 Å². The molecule has 1 heterocycles. The molecule has 0 spiro atoms. The number of benzene rings is 2. The number of ether oxygens (including phenoxy) is 1. The van der Waals surface area contributed by atoms with Crippen LogP contribution in [0.4, 0.5) is 0 Å². The zero-order chi connectivity index (χ0) is 17.5. The predicted molar refractivity (Wildman–Crippen MR) is 102 cm³/mol. The van der Waals surface area contributed by atoms with Crippen molar-refractivity contribution in [3.63, 3.8) is 0 Å². The second kappa shape index (κ2) is 9.94. The molecule has 26 heavy (non-hydrogen) atoms. The number of hydrogen-bond acceptors (Lipinski definition) is 4. The van der Waals surface area contributed by atoms with Gasteiger partial charge in [0.25, 0.3) is 0 Å². The maximum absolute atomic E-state index is 12.6. The Labute approximate surface area is 159 Å². The molecule has 2 aromatic rings. The lowest BCUT2D eigenvalue weighted by molar-refractivity contribution is -0.149. The molecule has 1 fully saturated rings. The number of halogens is 1. The van der Waals surface area contributed by atoms with Crippen LogP contribution in [-0.4, -0.2) is 35.9 Å². The van der Waals surface area contributed by atoms with Gasteiger partial charge in [0.05, 0.1) is 12.5 Å². The number of piperazine rings is 1. The normalized spacial score (nSPS) is 16.7. The molecule has 1 aliphatic heterocycles. The van der Waals surface area contributed by atoms with Gasteiger partial charge in [0, 0.05) is 19.6 Å². The molecule has 2 aromatic carbocycles. The minimum atomic E-state index is -0.513. The number of esters is 1. The maximum Gasteiger partial charge on any atom is 0.308 e. The Morgan fingerprint density at radius 3 is 2.31 bits per heavy atom. The van der Waals surface area contributed by atoms with Crippen molar-refractivity contribution in [2.24, 2.45) is 0 Å². The van der Waals surface area contributed by atoms with Crippen LogP contribution in [0.2, 0.25) is 0 Å². The molecule has 0 saturated carbocycles. The highest BCUT2D eigenvalue weighted by atomic mass is 35.5. The highest BCUT2D eigenvalue weighted by molar-refractivity contribution is 5.87. The summed E-state index contributed by atoms with van der Waals surface area (Å²) in [5, 5.41) is 3.12. The molecule has 1 amide bonds. The number of carbonyl (C=O) groups excluding carboxylic acids is 2. The SMILES string of the molecule is Cl.O=C(CC1NCCN(Cc2ccccc2)C1=O)OCc1ccccc1. The third-order valence-electron chi connectivity index (χ3n) is 4.21. The molecule has 1 N–H and O–H groups in total. The van der Waals surface area contributed by atoms with Crippen molar-refractivity contribution < 1.29 is 14.3 Å². The van der Waals surface area contributed by atoms with E-state index in [0.717, 1.165) is 11.1 Å². The first-order chi connectivity index (χ1) is 12.2. The summed E-state index contributed by atoms with van der Waals surface area (Å²) in [5.74, 6) is -0.414. The van der Waals surface area contributed by atoms with Crippen LogP contribution < -0.4 is 5.32 Å². The van der Waals surface area contributed by atoms with E-state index in [0.29, 0.717) is 19.6 Å². The summed E-state index contributed by atoms with van der Waals surface area (Å²) in [6.45, 7) is 2.11. The number of amides is 1. The van der Waals surface area contributed by atoms with Gasteiger partial charge in [0.15, 0.2) is 0 Å². The lowest BCUT2D eigenvalue weighted by Gasteiger charge is -2.32. The first kappa shape index (κ1) is 19.9. The quantitative estimate of drug-likeness (QED) is 0.789. The smallest absolute Gasteiger partial charge is 0.308 e. The van der Waals surface area contributed by atoms with Gasteiger partial charge >= 0.3 is 5.97 Å². The molecule has 1 atom stereocenters. The summed E-state index contributed by atoms with van der Waals surface area (Å²) < 4.78 is 5.28. The summed E-state index contributed by atoms with van der Waals surface area (Å²) in [6.07, 6.45) is 0.0525. The van der Waals surface area contributed by atoms with Crippen molar-refractivity contribution >= 4 is 24.3 Å². The van der Waals surface area contributed by atoms with Gasteiger partial charge in [0.1, 0.15) is 6.61 Å². The van der Waals surface area contributed by atoms with Crippen LogP contribution in [0.15, 0.2) is 60.7 Å². The molecule has 0 bridgehead atoms. The van der Waals surface area contributed by atoms with Gasteiger partial charge < -0.3 is 15.0 Å². The molecule has 1 aliphatic rings. The summed E-state index contributed by atoms with van der Waals surface area (Å²) >= 11 is 0. The van der Waals surface area contributed by atoms with E-state index in [4.69, 9.17) is 4.74 Å². The van der Waals surface area contributed by atoms with Gasteiger partial charge in [-0.2, -0.15) is 0 Å². The highest BCUT2D eigenvalue weighted by Gasteiger charge is 2.30. The number of nitrogens with zero attached hydrogens (tertiary/aromatic N) is 1. The second-order valence-corrected chi connectivity index (χ2v) is 6.10. The van der Waals surface area contributed by atoms with E-state index in [1.54, 1.807) is 4.90 Å². The van der Waals surface area contributed by atoms with Crippen LogP contribution >= 0.6 is 12.4 Å². The molecule has 0 aromatic heterocycles. The third-order valence-corrected chi connectivity index (χ3v) is 4.21. The van der Waals surface area contributed by atoms with E-state index in [9.17, 15) is 9.59 Å². The van der Waals surface area contributed by atoms with E-state index in [-0.39, 0.29) is 37.3 Å². The molecule has 3 rings (SSSR count). The fraction of sp³-hybridized carbons (Fsp3) is 0.300. The first-order valence-corrected chi connectivity index (χ1v) is 8.48. The number of nitrogens with one attached hydrogen (secondary N) is 1. The van der Waals surface area contributed by atoms with E-state index in [2.05, 4.69) is 5.32 Å². The second-order valence-electron chi connectivity index (χ2n) is 6.10. The van der Waals surface area contributed by atoms with Crippen molar-refractivity contribution in [3.8, 4) is 0 Å². The zero-order valence-corrected chi connectivity index (χ0v) is 15.3. The monoisotopic (exact) mass is 374 g/mol. The van der Waals surface area contributed by atoms with Crippen LogP contribution in [0.3, 0.4) is 0 Å². The molecule has 138 valence electrons. The van der Waals surface area contributed by atoms with Crippen molar-refractivity contribution in [2.75, 3.05) is 13.1 Å². The summed E-state index contributed by atoms with van der Waals surface area (Å²) in [5.41, 5.74) is 2.02. The van der Waals surface area contributed by atoms with Crippen molar-refractivity contribution in [2.45, 2.75) is 25.6 Å². The minimum Gasteiger partial charge on any atom is -0.461 e. The fourth-order valence-corrected chi connectivity index (χ4v) is 2.88. The van der Waals surface area contributed by atoms with Crippen LogP contribution in [0.1, 0.15) is 17.5 Å². The molecular formula is C20H23ClN2O3. The Hall–Kier alpha value is -2.37. The highest BCUT2D eigenvalue weighted by Crippen LogP contribution is 2.12. The predicted octanol–water partition coefficient (Wildman–Crippen LogP) is 2.54. The van der Waals surface area contributed by atoms with Crippen LogP contribution in [0, 0.1) is 0 Å². The Kier molecular flexibility index (Phi) is 7.63. The third kappa shape index (κ3) is 5.58. The van der Waals surface area contributed by atoms with Crippen LogP contribution in [-0.2, 0) is 27.5 Å². The van der Waals surface area contributed by atoms with Gasteiger partial charge in [-0.05, 0) is 11.1 Å². The molecule has 1 unspecified atom stereocenters. The van der Waals surface area contributed by atoms with Gasteiger partial charge in [-0.25, -0.2) is 0 Å². The van der Waals surface area contributed by atoms with E-state index in [1.807, 2.05) is 60.7 Å². The van der Waals surface area contributed by atoms with E-state index in [1.165, 1.54) is 0 Å². The topological polar surface area (TPSA) is 58.6 Å². The first-order valence-electron chi connectivity index (χ1n) is 8.48. The van der Waals surface area contributed by atoms with Crippen molar-refractivity contribution in [1.29, 1.82) is 0 Å². The zero-order valence-electron chi connectivity index (χ0n) is 14.5. The van der Waals surface area contributed by atoms with E-state index >= 15 is 0 Å². The van der Waals surface area contributed by atoms with Crippen LogP contribution in [0.25, 0.3) is 0 Å². The van der Waals surface area contributed by atoms with Gasteiger partial charge in [-0.1, -0.05) is 60.7 Å². The Bertz CT molecular complexity index is 710. The largest absolute Gasteiger partial charge is 0.461 e. The molecule has 6 heteroatoms. The Morgan fingerprint density at radius 1 is 1.04 bits per heavy atom.